The van der Waals surface area contributed by atoms with Crippen LogP contribution in [-0.2, 0) is 11.2 Å². The van der Waals surface area contributed by atoms with Gasteiger partial charge < -0.3 is 15.4 Å². The molecule has 0 aromatic heterocycles. The molecule has 0 radical (unpaired) electrons. The van der Waals surface area contributed by atoms with Crippen molar-refractivity contribution in [3.8, 4) is 5.75 Å². The van der Waals surface area contributed by atoms with Crippen LogP contribution in [0.15, 0.2) is 18.2 Å². The first-order valence-electron chi connectivity index (χ1n) is 7.37. The molecule has 0 spiro atoms. The van der Waals surface area contributed by atoms with Gasteiger partial charge >= 0.3 is 0 Å². The van der Waals surface area contributed by atoms with Crippen LogP contribution in [-0.4, -0.2) is 37.0 Å². The number of ether oxygens (including phenoxy) is 1. The van der Waals surface area contributed by atoms with E-state index in [1.807, 2.05) is 11.8 Å². The number of amides is 1. The van der Waals surface area contributed by atoms with E-state index in [2.05, 4.69) is 0 Å². The Kier molecular flexibility index (Phi) is 5.17. The number of nitrogens with zero attached hydrogens (tertiary/aromatic N) is 1. The van der Waals surface area contributed by atoms with Crippen molar-refractivity contribution in [2.75, 3.05) is 20.2 Å². The minimum absolute atomic E-state index is 0.0323. The molecule has 2 atom stereocenters. The second-order valence-electron chi connectivity index (χ2n) is 5.75. The highest BCUT2D eigenvalue weighted by Gasteiger charge is 2.25. The average molecular weight is 294 g/mol. The second-order valence-corrected chi connectivity index (χ2v) is 5.75. The molecule has 2 unspecified atom stereocenters. The number of hydrogen-bond acceptors (Lipinski definition) is 3. The van der Waals surface area contributed by atoms with E-state index < -0.39 is 5.82 Å². The zero-order valence-electron chi connectivity index (χ0n) is 12.6. The van der Waals surface area contributed by atoms with Gasteiger partial charge in [-0.3, -0.25) is 4.79 Å². The van der Waals surface area contributed by atoms with Crippen molar-refractivity contribution in [2.45, 2.75) is 32.2 Å². The Hall–Kier alpha value is -1.62. The van der Waals surface area contributed by atoms with Crippen LogP contribution in [0.4, 0.5) is 4.39 Å². The predicted octanol–water partition coefficient (Wildman–Crippen LogP) is 1.96. The van der Waals surface area contributed by atoms with Crippen molar-refractivity contribution in [3.63, 3.8) is 0 Å². The number of carbonyl (C=O) groups excluding carboxylic acids is 1. The van der Waals surface area contributed by atoms with E-state index in [0.717, 1.165) is 19.4 Å². The first-order valence-corrected chi connectivity index (χ1v) is 7.37. The molecule has 1 heterocycles. The second kappa shape index (κ2) is 6.89. The van der Waals surface area contributed by atoms with E-state index >= 15 is 0 Å². The summed E-state index contributed by atoms with van der Waals surface area (Å²) in [7, 11) is 1.42. The SMILES string of the molecule is COc1ccc(CC(=O)N2CCCC(C(C)N)C2)cc1F. The zero-order valence-corrected chi connectivity index (χ0v) is 12.6. The van der Waals surface area contributed by atoms with Crippen molar-refractivity contribution in [2.24, 2.45) is 11.7 Å². The monoisotopic (exact) mass is 294 g/mol. The lowest BCUT2D eigenvalue weighted by molar-refractivity contribution is -0.132. The van der Waals surface area contributed by atoms with Gasteiger partial charge in [0, 0.05) is 19.1 Å². The minimum Gasteiger partial charge on any atom is -0.494 e. The third kappa shape index (κ3) is 3.94. The molecule has 1 amide bonds. The van der Waals surface area contributed by atoms with Gasteiger partial charge in [0.15, 0.2) is 11.6 Å². The van der Waals surface area contributed by atoms with Gasteiger partial charge in [0.05, 0.1) is 13.5 Å². The fraction of sp³-hybridized carbons (Fsp3) is 0.562. The van der Waals surface area contributed by atoms with Gasteiger partial charge in [-0.1, -0.05) is 6.07 Å². The topological polar surface area (TPSA) is 55.6 Å². The molecule has 0 saturated carbocycles. The van der Waals surface area contributed by atoms with Gasteiger partial charge in [-0.05, 0) is 43.4 Å². The molecule has 2 rings (SSSR count). The molecular weight excluding hydrogens is 271 g/mol. The minimum atomic E-state index is -0.435. The fourth-order valence-corrected chi connectivity index (χ4v) is 2.77. The standard InChI is InChI=1S/C16H23FN2O2/c1-11(18)13-4-3-7-19(10-13)16(20)9-12-5-6-15(21-2)14(17)8-12/h5-6,8,11,13H,3-4,7,9-10,18H2,1-2H3. The van der Waals surface area contributed by atoms with Crippen LogP contribution in [0, 0.1) is 11.7 Å². The van der Waals surface area contributed by atoms with Gasteiger partial charge in [0.25, 0.3) is 0 Å². The van der Waals surface area contributed by atoms with E-state index in [1.165, 1.54) is 13.2 Å². The highest BCUT2D eigenvalue weighted by Crippen LogP contribution is 2.21. The molecule has 2 N–H and O–H groups in total. The number of methoxy groups -OCH3 is 1. The van der Waals surface area contributed by atoms with Crippen LogP contribution in [0.25, 0.3) is 0 Å². The molecule has 1 aromatic rings. The van der Waals surface area contributed by atoms with Crippen LogP contribution >= 0.6 is 0 Å². The predicted molar refractivity (Wildman–Crippen MR) is 79.6 cm³/mol. The number of hydrogen-bond donors (Lipinski definition) is 1. The zero-order chi connectivity index (χ0) is 15.4. The van der Waals surface area contributed by atoms with Crippen molar-refractivity contribution in [1.82, 2.24) is 4.90 Å². The van der Waals surface area contributed by atoms with Crippen molar-refractivity contribution in [3.05, 3.63) is 29.6 Å². The Labute approximate surface area is 125 Å². The average Bonchev–Trinajstić information content (AvgIpc) is 2.47. The Morgan fingerprint density at radius 1 is 1.57 bits per heavy atom. The molecule has 1 fully saturated rings. The van der Waals surface area contributed by atoms with Crippen LogP contribution < -0.4 is 10.5 Å². The van der Waals surface area contributed by atoms with E-state index in [0.29, 0.717) is 18.0 Å². The number of halogens is 1. The van der Waals surface area contributed by atoms with Crippen LogP contribution in [0.1, 0.15) is 25.3 Å². The number of carbonyl (C=O) groups is 1. The van der Waals surface area contributed by atoms with E-state index in [-0.39, 0.29) is 24.1 Å². The summed E-state index contributed by atoms with van der Waals surface area (Å²) in [5.41, 5.74) is 6.60. The molecule has 4 nitrogen and oxygen atoms in total. The first kappa shape index (κ1) is 15.8. The fourth-order valence-electron chi connectivity index (χ4n) is 2.77. The van der Waals surface area contributed by atoms with Crippen LogP contribution in [0.3, 0.4) is 0 Å². The summed E-state index contributed by atoms with van der Waals surface area (Å²) in [5, 5.41) is 0. The lowest BCUT2D eigenvalue weighted by atomic mass is 9.92. The third-order valence-electron chi connectivity index (χ3n) is 4.13. The molecular formula is C16H23FN2O2. The lowest BCUT2D eigenvalue weighted by Crippen LogP contribution is -2.45. The molecule has 5 heteroatoms. The number of likely N-dealkylation sites (tertiary alicyclic amines) is 1. The summed E-state index contributed by atoms with van der Waals surface area (Å²) in [6, 6.07) is 4.74. The molecule has 0 aliphatic carbocycles. The highest BCUT2D eigenvalue weighted by molar-refractivity contribution is 5.79. The summed E-state index contributed by atoms with van der Waals surface area (Å²) in [6.07, 6.45) is 2.26. The molecule has 1 aromatic carbocycles. The Bertz CT molecular complexity index is 505. The number of benzene rings is 1. The lowest BCUT2D eigenvalue weighted by Gasteiger charge is -2.34. The first-order chi connectivity index (χ1) is 10.0. The smallest absolute Gasteiger partial charge is 0.227 e. The Balaban J connectivity index is 1.99. The van der Waals surface area contributed by atoms with Crippen molar-refractivity contribution >= 4 is 5.91 Å². The van der Waals surface area contributed by atoms with Gasteiger partial charge in [-0.25, -0.2) is 4.39 Å². The maximum absolute atomic E-state index is 13.6. The normalized spacial score (nSPS) is 20.2. The molecule has 0 bridgehead atoms. The van der Waals surface area contributed by atoms with Gasteiger partial charge in [0.1, 0.15) is 0 Å². The maximum atomic E-state index is 13.6. The van der Waals surface area contributed by atoms with Crippen LogP contribution in [0.5, 0.6) is 5.75 Å². The maximum Gasteiger partial charge on any atom is 0.227 e. The molecule has 21 heavy (non-hydrogen) atoms. The summed E-state index contributed by atoms with van der Waals surface area (Å²) >= 11 is 0. The quantitative estimate of drug-likeness (QED) is 0.923. The van der Waals surface area contributed by atoms with Crippen LogP contribution in [0.2, 0.25) is 0 Å². The Morgan fingerprint density at radius 2 is 2.33 bits per heavy atom. The van der Waals surface area contributed by atoms with Gasteiger partial charge in [0.2, 0.25) is 5.91 Å². The Morgan fingerprint density at radius 3 is 2.95 bits per heavy atom. The summed E-state index contributed by atoms with van der Waals surface area (Å²) in [4.78, 5) is 14.2. The number of piperidine rings is 1. The molecule has 116 valence electrons. The van der Waals surface area contributed by atoms with Crippen molar-refractivity contribution < 1.29 is 13.9 Å². The van der Waals surface area contributed by atoms with Gasteiger partial charge in [-0.15, -0.1) is 0 Å². The summed E-state index contributed by atoms with van der Waals surface area (Å²) in [5.74, 6) is 0.149. The third-order valence-corrected chi connectivity index (χ3v) is 4.13. The highest BCUT2D eigenvalue weighted by atomic mass is 19.1. The van der Waals surface area contributed by atoms with Gasteiger partial charge in [-0.2, -0.15) is 0 Å². The molecule has 1 aliphatic rings. The van der Waals surface area contributed by atoms with Crippen molar-refractivity contribution in [1.29, 1.82) is 0 Å². The van der Waals surface area contributed by atoms with E-state index in [4.69, 9.17) is 10.5 Å². The summed E-state index contributed by atoms with van der Waals surface area (Å²) < 4.78 is 18.5. The molecule has 1 aliphatic heterocycles. The van der Waals surface area contributed by atoms with E-state index in [1.54, 1.807) is 12.1 Å². The largest absolute Gasteiger partial charge is 0.494 e. The summed E-state index contributed by atoms with van der Waals surface area (Å²) in [6.45, 7) is 3.45. The molecule has 1 saturated heterocycles. The van der Waals surface area contributed by atoms with E-state index in [9.17, 15) is 9.18 Å². The number of nitrogens with two attached hydrogens (primary N) is 1. The number of rotatable bonds is 4.